The number of benzene rings is 2. The fourth-order valence-corrected chi connectivity index (χ4v) is 3.24. The molecule has 3 aromatic rings. The number of ether oxygens (including phenoxy) is 2. The average Bonchev–Trinajstić information content (AvgIpc) is 3.17. The van der Waals surface area contributed by atoms with Gasteiger partial charge in [0.2, 0.25) is 0 Å². The van der Waals surface area contributed by atoms with E-state index in [0.29, 0.717) is 12.4 Å². The number of halogens is 1. The van der Waals surface area contributed by atoms with Gasteiger partial charge in [0, 0.05) is 17.1 Å². The second-order valence-electron chi connectivity index (χ2n) is 6.22. The Bertz CT molecular complexity index is 1120. The van der Waals surface area contributed by atoms with Gasteiger partial charge in [0.15, 0.2) is 6.61 Å². The molecule has 0 unspecified atom stereocenters. The summed E-state index contributed by atoms with van der Waals surface area (Å²) in [7, 11) is 0. The summed E-state index contributed by atoms with van der Waals surface area (Å²) in [5.41, 5.74) is 0.882. The van der Waals surface area contributed by atoms with Gasteiger partial charge in [0.05, 0.1) is 21.2 Å². The van der Waals surface area contributed by atoms with Gasteiger partial charge in [0.25, 0.3) is 11.6 Å². The molecule has 0 radical (unpaired) electrons. The number of carbonyl (C=O) groups excluding carboxylic acids is 2. The van der Waals surface area contributed by atoms with E-state index in [0.717, 1.165) is 16.8 Å². The molecular formula is C20H16ClN3O6S. The number of nitrogens with one attached hydrogen (secondary N) is 1. The molecule has 0 bridgehead atoms. The van der Waals surface area contributed by atoms with Crippen LogP contribution in [0.5, 0.6) is 5.75 Å². The second-order valence-corrected chi connectivity index (χ2v) is 7.69. The van der Waals surface area contributed by atoms with Crippen molar-refractivity contribution < 1.29 is 24.0 Å². The lowest BCUT2D eigenvalue weighted by atomic mass is 10.2. The number of esters is 1. The van der Waals surface area contributed by atoms with E-state index in [1.165, 1.54) is 35.6 Å². The molecule has 11 heteroatoms. The molecule has 0 aliphatic heterocycles. The fourth-order valence-electron chi connectivity index (χ4n) is 2.46. The Morgan fingerprint density at radius 1 is 1.23 bits per heavy atom. The largest absolute Gasteiger partial charge is 0.487 e. The van der Waals surface area contributed by atoms with Crippen molar-refractivity contribution in [2.75, 3.05) is 11.9 Å². The van der Waals surface area contributed by atoms with Crippen molar-refractivity contribution in [1.82, 2.24) is 4.98 Å². The molecule has 2 aromatic carbocycles. The lowest BCUT2D eigenvalue weighted by Gasteiger charge is -2.08. The molecule has 1 N–H and O–H groups in total. The maximum absolute atomic E-state index is 12.1. The topological polar surface area (TPSA) is 121 Å². The van der Waals surface area contributed by atoms with Crippen molar-refractivity contribution in [2.24, 2.45) is 0 Å². The molecule has 0 aliphatic carbocycles. The molecule has 0 fully saturated rings. The van der Waals surface area contributed by atoms with E-state index < -0.39 is 23.4 Å². The van der Waals surface area contributed by atoms with Gasteiger partial charge in [-0.05, 0) is 43.3 Å². The number of aryl methyl sites for hydroxylation is 1. The molecule has 1 amide bonds. The van der Waals surface area contributed by atoms with Gasteiger partial charge in [-0.1, -0.05) is 11.6 Å². The van der Waals surface area contributed by atoms with E-state index >= 15 is 0 Å². The Kier molecular flexibility index (Phi) is 7.16. The molecule has 31 heavy (non-hydrogen) atoms. The van der Waals surface area contributed by atoms with Gasteiger partial charge >= 0.3 is 5.97 Å². The highest BCUT2D eigenvalue weighted by atomic mass is 35.5. The van der Waals surface area contributed by atoms with Gasteiger partial charge in [-0.2, -0.15) is 0 Å². The number of aromatic nitrogens is 1. The molecule has 0 saturated heterocycles. The average molecular weight is 462 g/mol. The first-order valence-electron chi connectivity index (χ1n) is 8.86. The zero-order valence-electron chi connectivity index (χ0n) is 16.2. The lowest BCUT2D eigenvalue weighted by molar-refractivity contribution is -0.384. The molecular weight excluding hydrogens is 446 g/mol. The Hall–Kier alpha value is -3.50. The fraction of sp³-hybridized carbons (Fsp3) is 0.150. The van der Waals surface area contributed by atoms with Crippen LogP contribution in [0.25, 0.3) is 0 Å². The van der Waals surface area contributed by atoms with Crippen molar-refractivity contribution in [1.29, 1.82) is 0 Å². The summed E-state index contributed by atoms with van der Waals surface area (Å²) < 4.78 is 10.6. The SMILES string of the molecule is Cc1nc(COc2ccc(C(=O)OCC(=O)Nc3ccc(Cl)c([N+](=O)[O-])c3)cc2)cs1. The van der Waals surface area contributed by atoms with Crippen LogP contribution in [0.3, 0.4) is 0 Å². The number of nitrogens with zero attached hydrogens (tertiary/aromatic N) is 2. The highest BCUT2D eigenvalue weighted by molar-refractivity contribution is 7.09. The first-order chi connectivity index (χ1) is 14.8. The van der Waals surface area contributed by atoms with Crippen molar-refractivity contribution in [3.8, 4) is 5.75 Å². The minimum Gasteiger partial charge on any atom is -0.487 e. The number of nitro benzene ring substituents is 1. The summed E-state index contributed by atoms with van der Waals surface area (Å²) in [5, 5.41) is 16.1. The quantitative estimate of drug-likeness (QED) is 0.300. The number of amides is 1. The highest BCUT2D eigenvalue weighted by Gasteiger charge is 2.15. The molecule has 1 aromatic heterocycles. The van der Waals surface area contributed by atoms with Crippen LogP contribution in [0, 0.1) is 17.0 Å². The number of rotatable bonds is 8. The summed E-state index contributed by atoms with van der Waals surface area (Å²) in [6.45, 7) is 1.67. The summed E-state index contributed by atoms with van der Waals surface area (Å²) in [4.78, 5) is 38.6. The molecule has 160 valence electrons. The van der Waals surface area contributed by atoms with E-state index in [1.54, 1.807) is 12.1 Å². The van der Waals surface area contributed by atoms with Gasteiger partial charge in [0.1, 0.15) is 17.4 Å². The maximum atomic E-state index is 12.1. The first-order valence-corrected chi connectivity index (χ1v) is 10.1. The maximum Gasteiger partial charge on any atom is 0.338 e. The van der Waals surface area contributed by atoms with Crippen molar-refractivity contribution in [3.05, 3.63) is 79.2 Å². The van der Waals surface area contributed by atoms with E-state index in [2.05, 4.69) is 10.3 Å². The van der Waals surface area contributed by atoms with Gasteiger partial charge in [-0.25, -0.2) is 9.78 Å². The summed E-state index contributed by atoms with van der Waals surface area (Å²) >= 11 is 7.26. The Labute approximate surface area is 185 Å². The van der Waals surface area contributed by atoms with Gasteiger partial charge in [-0.15, -0.1) is 11.3 Å². The van der Waals surface area contributed by atoms with E-state index in [9.17, 15) is 19.7 Å². The Morgan fingerprint density at radius 3 is 2.61 bits per heavy atom. The molecule has 0 saturated carbocycles. The van der Waals surface area contributed by atoms with Crippen LogP contribution >= 0.6 is 22.9 Å². The summed E-state index contributed by atoms with van der Waals surface area (Å²) in [6.07, 6.45) is 0. The number of anilines is 1. The summed E-state index contributed by atoms with van der Waals surface area (Å²) in [5.74, 6) is -0.785. The minimum atomic E-state index is -0.695. The molecule has 0 atom stereocenters. The number of hydrogen-bond acceptors (Lipinski definition) is 8. The lowest BCUT2D eigenvalue weighted by Crippen LogP contribution is -2.21. The van der Waals surface area contributed by atoms with Crippen LogP contribution in [0.2, 0.25) is 5.02 Å². The van der Waals surface area contributed by atoms with Crippen LogP contribution < -0.4 is 10.1 Å². The third-order valence-electron chi connectivity index (χ3n) is 3.90. The third-order valence-corrected chi connectivity index (χ3v) is 5.05. The number of thiazole rings is 1. The predicted octanol–water partition coefficient (Wildman–Crippen LogP) is 4.39. The normalized spacial score (nSPS) is 10.4. The number of nitro groups is 1. The van der Waals surface area contributed by atoms with Gasteiger partial charge < -0.3 is 14.8 Å². The molecule has 9 nitrogen and oxygen atoms in total. The Balaban J connectivity index is 1.49. The van der Waals surface area contributed by atoms with Crippen LogP contribution in [0.15, 0.2) is 47.8 Å². The zero-order chi connectivity index (χ0) is 22.4. The predicted molar refractivity (Wildman–Crippen MR) is 115 cm³/mol. The van der Waals surface area contributed by atoms with E-state index in [1.807, 2.05) is 12.3 Å². The van der Waals surface area contributed by atoms with Crippen LogP contribution in [0.1, 0.15) is 21.1 Å². The Morgan fingerprint density at radius 2 is 1.97 bits per heavy atom. The molecule has 3 rings (SSSR count). The van der Waals surface area contributed by atoms with E-state index in [-0.39, 0.29) is 22.0 Å². The molecule has 0 aliphatic rings. The van der Waals surface area contributed by atoms with Crippen LogP contribution in [-0.2, 0) is 16.1 Å². The van der Waals surface area contributed by atoms with Crippen LogP contribution in [-0.4, -0.2) is 28.4 Å². The molecule has 0 spiro atoms. The monoisotopic (exact) mass is 461 g/mol. The third kappa shape index (κ3) is 6.24. The van der Waals surface area contributed by atoms with Crippen molar-refractivity contribution in [3.63, 3.8) is 0 Å². The second kappa shape index (κ2) is 10.0. The standard InChI is InChI=1S/C20H16ClN3O6S/c1-12-22-15(11-31-12)9-29-16-5-2-13(3-6-16)20(26)30-10-19(25)23-14-4-7-17(21)18(8-14)24(27)28/h2-8,11H,9-10H2,1H3,(H,23,25). The smallest absolute Gasteiger partial charge is 0.338 e. The van der Waals surface area contributed by atoms with Crippen molar-refractivity contribution in [2.45, 2.75) is 13.5 Å². The van der Waals surface area contributed by atoms with E-state index in [4.69, 9.17) is 21.1 Å². The number of hydrogen-bond donors (Lipinski definition) is 1. The van der Waals surface area contributed by atoms with Crippen molar-refractivity contribution >= 4 is 46.2 Å². The first kappa shape index (κ1) is 22.2. The summed E-state index contributed by atoms with van der Waals surface area (Å²) in [6, 6.07) is 10.1. The molecule has 1 heterocycles. The highest BCUT2D eigenvalue weighted by Crippen LogP contribution is 2.27. The zero-order valence-corrected chi connectivity index (χ0v) is 17.7. The number of carbonyl (C=O) groups is 2. The minimum absolute atomic E-state index is 0.0523. The van der Waals surface area contributed by atoms with Gasteiger partial charge in [-0.3, -0.25) is 14.9 Å². The van der Waals surface area contributed by atoms with Crippen LogP contribution in [0.4, 0.5) is 11.4 Å².